The Balaban J connectivity index is 2.06. The number of unbranched alkanes of at least 4 members (excludes halogenated alkanes) is 1. The summed E-state index contributed by atoms with van der Waals surface area (Å²) in [5, 5.41) is 5.73. The van der Waals surface area contributed by atoms with E-state index in [1.165, 1.54) is 25.2 Å². The third-order valence-corrected chi connectivity index (χ3v) is 7.37. The van der Waals surface area contributed by atoms with E-state index in [0.717, 1.165) is 89.7 Å². The molecule has 0 aliphatic heterocycles. The summed E-state index contributed by atoms with van der Waals surface area (Å²) in [7, 11) is 0. The maximum Gasteiger partial charge on any atom is 0.221 e. The van der Waals surface area contributed by atoms with Crippen molar-refractivity contribution in [1.29, 1.82) is 0 Å². The molecule has 0 spiro atoms. The molecule has 2 aromatic rings. The summed E-state index contributed by atoms with van der Waals surface area (Å²) in [4.78, 5) is 32.7. The van der Waals surface area contributed by atoms with Crippen molar-refractivity contribution in [2.24, 2.45) is 0 Å². The Morgan fingerprint density at radius 3 is 1.12 bits per heavy atom. The van der Waals surface area contributed by atoms with E-state index in [2.05, 4.69) is 82.2 Å². The van der Waals surface area contributed by atoms with Crippen LogP contribution in [0.25, 0.3) is 0 Å². The summed E-state index contributed by atoms with van der Waals surface area (Å²) >= 11 is 0. The predicted molar refractivity (Wildman–Crippen MR) is 171 cm³/mol. The smallest absolute Gasteiger partial charge is 0.221 e. The van der Waals surface area contributed by atoms with E-state index in [1.807, 2.05) is 24.3 Å². The maximum absolute atomic E-state index is 11.4. The summed E-state index contributed by atoms with van der Waals surface area (Å²) in [6.45, 7) is 22.1. The second kappa shape index (κ2) is 18.3. The Hall–Kier alpha value is -3.10. The fourth-order valence-corrected chi connectivity index (χ4v) is 4.87. The van der Waals surface area contributed by atoms with Crippen molar-refractivity contribution in [3.63, 3.8) is 0 Å². The van der Waals surface area contributed by atoms with Gasteiger partial charge in [0.05, 0.1) is 0 Å². The van der Waals surface area contributed by atoms with Crippen LogP contribution in [0, 0.1) is 0 Å². The molecule has 222 valence electrons. The summed E-state index contributed by atoms with van der Waals surface area (Å²) < 4.78 is 0. The molecule has 0 unspecified atom stereocenters. The molecular weight excluding hydrogens is 500 g/mol. The quantitative estimate of drug-likeness (QED) is 0.228. The molecule has 0 heterocycles. The van der Waals surface area contributed by atoms with Gasteiger partial charge in [-0.15, -0.1) is 0 Å². The van der Waals surface area contributed by atoms with E-state index in [4.69, 9.17) is 0 Å². The third kappa shape index (κ3) is 12.0. The van der Waals surface area contributed by atoms with E-state index in [1.54, 1.807) is 0 Å². The minimum atomic E-state index is -0.0542. The van der Waals surface area contributed by atoms with Gasteiger partial charge in [0.25, 0.3) is 0 Å². The summed E-state index contributed by atoms with van der Waals surface area (Å²) in [5.41, 5.74) is 4.03. The normalized spacial score (nSPS) is 11.1. The van der Waals surface area contributed by atoms with Gasteiger partial charge in [-0.2, -0.15) is 0 Å². The van der Waals surface area contributed by atoms with Crippen LogP contribution >= 0.6 is 0 Å². The largest absolute Gasteiger partial charge is 0.370 e. The van der Waals surface area contributed by atoms with Crippen molar-refractivity contribution in [3.8, 4) is 0 Å². The lowest BCUT2D eigenvalue weighted by molar-refractivity contribution is -0.115. The van der Waals surface area contributed by atoms with Crippen LogP contribution in [-0.2, 0) is 9.59 Å². The first-order valence-corrected chi connectivity index (χ1v) is 15.0. The van der Waals surface area contributed by atoms with Crippen LogP contribution in [0.1, 0.15) is 54.4 Å². The lowest BCUT2D eigenvalue weighted by Crippen LogP contribution is -2.37. The fraction of sp³-hybridized carbons (Fsp3) is 0.562. The van der Waals surface area contributed by atoms with Crippen LogP contribution < -0.4 is 20.4 Å². The number of hydrogen-bond acceptors (Lipinski definition) is 6. The number of rotatable bonds is 19. The molecule has 0 aliphatic carbocycles. The molecule has 2 amide bonds. The Bertz CT molecular complexity index is 906. The van der Waals surface area contributed by atoms with Gasteiger partial charge < -0.3 is 30.2 Å². The van der Waals surface area contributed by atoms with Crippen LogP contribution in [0.2, 0.25) is 0 Å². The lowest BCUT2D eigenvalue weighted by atomic mass is 10.2. The molecule has 0 aromatic heterocycles. The van der Waals surface area contributed by atoms with Crippen molar-refractivity contribution in [1.82, 2.24) is 9.80 Å². The molecule has 2 aromatic carbocycles. The van der Waals surface area contributed by atoms with Gasteiger partial charge in [-0.1, -0.05) is 27.7 Å². The molecule has 0 aliphatic rings. The van der Waals surface area contributed by atoms with Crippen molar-refractivity contribution >= 4 is 34.6 Å². The molecule has 0 saturated heterocycles. The molecule has 40 heavy (non-hydrogen) atoms. The minimum Gasteiger partial charge on any atom is -0.370 e. The van der Waals surface area contributed by atoms with Crippen LogP contribution in [-0.4, -0.2) is 87.1 Å². The summed E-state index contributed by atoms with van der Waals surface area (Å²) in [5.74, 6) is -0.108. The first-order chi connectivity index (χ1) is 19.3. The van der Waals surface area contributed by atoms with Gasteiger partial charge in [0, 0.05) is 75.9 Å². The molecule has 2 N–H and O–H groups in total. The molecule has 8 heteroatoms. The van der Waals surface area contributed by atoms with E-state index >= 15 is 0 Å². The first-order valence-electron chi connectivity index (χ1n) is 15.0. The van der Waals surface area contributed by atoms with Crippen molar-refractivity contribution < 1.29 is 9.59 Å². The molecule has 2 rings (SSSR count). The van der Waals surface area contributed by atoms with Crippen molar-refractivity contribution in [3.05, 3.63) is 48.5 Å². The number of anilines is 4. The average Bonchev–Trinajstić information content (AvgIpc) is 2.94. The first kappa shape index (κ1) is 33.1. The van der Waals surface area contributed by atoms with Crippen LogP contribution in [0.4, 0.5) is 22.7 Å². The predicted octanol–water partition coefficient (Wildman–Crippen LogP) is 5.38. The molecular formula is C32H52N6O2. The van der Waals surface area contributed by atoms with Gasteiger partial charge in [0.2, 0.25) is 11.8 Å². The number of carbonyl (C=O) groups excluding carboxylic acids is 2. The van der Waals surface area contributed by atoms with E-state index < -0.39 is 0 Å². The maximum atomic E-state index is 11.4. The zero-order chi connectivity index (χ0) is 29.3. The number of benzene rings is 2. The SMILES string of the molecule is CCN(CC)CCN(CCCCN(CCN(CC)CC)c1ccc(NC(C)=O)cc1)c1ccc(NC(C)=O)cc1. The van der Waals surface area contributed by atoms with Gasteiger partial charge in [-0.25, -0.2) is 0 Å². The second-order valence-electron chi connectivity index (χ2n) is 10.2. The zero-order valence-electron chi connectivity index (χ0n) is 25.7. The zero-order valence-corrected chi connectivity index (χ0v) is 25.7. The molecule has 0 bridgehead atoms. The number of nitrogens with zero attached hydrogens (tertiary/aromatic N) is 4. The monoisotopic (exact) mass is 552 g/mol. The molecule has 0 saturated carbocycles. The van der Waals surface area contributed by atoms with Gasteiger partial charge in [0.1, 0.15) is 0 Å². The molecule has 0 fully saturated rings. The standard InChI is InChI=1S/C32H52N6O2/c1-7-35(8-2)23-25-37(31-17-13-29(14-18-31)33-27(5)39)21-11-12-22-38(26-24-36(9-3)10-4)32-19-15-30(16-20-32)34-28(6)40/h13-20H,7-12,21-26H2,1-6H3,(H,33,39)(H,34,40). The lowest BCUT2D eigenvalue weighted by Gasteiger charge is -2.30. The number of likely N-dealkylation sites (N-methyl/N-ethyl adjacent to an activating group) is 2. The van der Waals surface area contributed by atoms with E-state index in [9.17, 15) is 9.59 Å². The number of carbonyl (C=O) groups is 2. The van der Waals surface area contributed by atoms with E-state index in [0.29, 0.717) is 0 Å². The highest BCUT2D eigenvalue weighted by Gasteiger charge is 2.12. The molecule has 8 nitrogen and oxygen atoms in total. The van der Waals surface area contributed by atoms with Gasteiger partial charge in [0.15, 0.2) is 0 Å². The second-order valence-corrected chi connectivity index (χ2v) is 10.2. The van der Waals surface area contributed by atoms with Crippen LogP contribution in [0.3, 0.4) is 0 Å². The summed E-state index contributed by atoms with van der Waals surface area (Å²) in [6, 6.07) is 16.4. The Kier molecular flexibility index (Phi) is 15.1. The fourth-order valence-electron chi connectivity index (χ4n) is 4.87. The van der Waals surface area contributed by atoms with Gasteiger partial charge in [-0.05, 0) is 87.6 Å². The topological polar surface area (TPSA) is 71.2 Å². The Morgan fingerprint density at radius 1 is 0.525 bits per heavy atom. The van der Waals surface area contributed by atoms with Crippen molar-refractivity contribution in [2.45, 2.75) is 54.4 Å². The van der Waals surface area contributed by atoms with E-state index in [-0.39, 0.29) is 11.8 Å². The Labute approximate surface area is 242 Å². The van der Waals surface area contributed by atoms with Gasteiger partial charge >= 0.3 is 0 Å². The van der Waals surface area contributed by atoms with Crippen LogP contribution in [0.15, 0.2) is 48.5 Å². The minimum absolute atomic E-state index is 0.0542. The van der Waals surface area contributed by atoms with Crippen LogP contribution in [0.5, 0.6) is 0 Å². The van der Waals surface area contributed by atoms with Gasteiger partial charge in [-0.3, -0.25) is 9.59 Å². The Morgan fingerprint density at radius 2 is 0.850 bits per heavy atom. The number of nitrogens with one attached hydrogen (secondary N) is 2. The highest BCUT2D eigenvalue weighted by molar-refractivity contribution is 5.89. The molecule has 0 atom stereocenters. The highest BCUT2D eigenvalue weighted by Crippen LogP contribution is 2.21. The summed E-state index contributed by atoms with van der Waals surface area (Å²) in [6.07, 6.45) is 2.16. The van der Waals surface area contributed by atoms with Crippen molar-refractivity contribution in [2.75, 3.05) is 85.9 Å². The number of amides is 2. The number of hydrogen-bond donors (Lipinski definition) is 2. The molecule has 0 radical (unpaired) electrons. The average molecular weight is 553 g/mol. The third-order valence-electron chi connectivity index (χ3n) is 7.37. The highest BCUT2D eigenvalue weighted by atomic mass is 16.2.